The van der Waals surface area contributed by atoms with Crippen LogP contribution in [-0.2, 0) is 13.0 Å². The largest absolute Gasteiger partial charge is 0.489 e. The van der Waals surface area contributed by atoms with E-state index in [2.05, 4.69) is 46.3 Å². The molecule has 2 aromatic rings. The summed E-state index contributed by atoms with van der Waals surface area (Å²) in [7, 11) is 2.20. The summed E-state index contributed by atoms with van der Waals surface area (Å²) in [5.74, 6) is 1.72. The zero-order chi connectivity index (χ0) is 17.6. The summed E-state index contributed by atoms with van der Waals surface area (Å²) in [5, 5.41) is 3.96. The molecule has 0 radical (unpaired) electrons. The highest BCUT2D eigenvalue weighted by Gasteiger charge is 2.13. The monoisotopic (exact) mass is 343 g/mol. The van der Waals surface area contributed by atoms with Crippen LogP contribution in [0.25, 0.3) is 0 Å². The molecule has 0 N–H and O–H groups in total. The molecule has 1 aliphatic heterocycles. The van der Waals surface area contributed by atoms with Crippen LogP contribution >= 0.6 is 0 Å². The van der Waals surface area contributed by atoms with E-state index in [0.29, 0.717) is 6.61 Å². The number of aromatic nitrogens is 1. The Morgan fingerprint density at radius 2 is 1.80 bits per heavy atom. The average Bonchev–Trinajstić information content (AvgIpc) is 2.94. The summed E-state index contributed by atoms with van der Waals surface area (Å²) >= 11 is 0. The molecule has 1 aliphatic rings. The van der Waals surface area contributed by atoms with Crippen molar-refractivity contribution < 1.29 is 9.26 Å². The molecule has 0 atom stereocenters. The van der Waals surface area contributed by atoms with Crippen molar-refractivity contribution in [1.82, 2.24) is 15.0 Å². The van der Waals surface area contributed by atoms with E-state index in [9.17, 15) is 0 Å². The van der Waals surface area contributed by atoms with Crippen LogP contribution in [0.4, 0.5) is 0 Å². The molecule has 1 saturated heterocycles. The first-order valence-electron chi connectivity index (χ1n) is 9.16. The number of aryl methyl sites for hydroxylation is 3. The van der Waals surface area contributed by atoms with Gasteiger partial charge >= 0.3 is 0 Å². The molecule has 5 heteroatoms. The second-order valence-electron chi connectivity index (χ2n) is 6.98. The van der Waals surface area contributed by atoms with E-state index >= 15 is 0 Å². The van der Waals surface area contributed by atoms with Crippen LogP contribution in [-0.4, -0.2) is 54.7 Å². The predicted octanol–water partition coefficient (Wildman–Crippen LogP) is 3.05. The van der Waals surface area contributed by atoms with Gasteiger partial charge in [-0.15, -0.1) is 0 Å². The summed E-state index contributed by atoms with van der Waals surface area (Å²) in [5.41, 5.74) is 3.31. The van der Waals surface area contributed by atoms with Gasteiger partial charge in [-0.1, -0.05) is 17.3 Å². The Morgan fingerprint density at radius 3 is 2.44 bits per heavy atom. The van der Waals surface area contributed by atoms with Gasteiger partial charge in [0.05, 0.1) is 11.3 Å². The lowest BCUT2D eigenvalue weighted by Crippen LogP contribution is -2.44. The number of piperazine rings is 1. The fourth-order valence-corrected chi connectivity index (χ4v) is 3.19. The minimum atomic E-state index is 0.504. The Bertz CT molecular complexity index is 639. The van der Waals surface area contributed by atoms with Gasteiger partial charge < -0.3 is 19.1 Å². The molecule has 0 bridgehead atoms. The molecule has 1 aromatic carbocycles. The van der Waals surface area contributed by atoms with Crippen molar-refractivity contribution >= 4 is 0 Å². The van der Waals surface area contributed by atoms with E-state index < -0.39 is 0 Å². The van der Waals surface area contributed by atoms with E-state index in [0.717, 1.165) is 29.2 Å². The Labute approximate surface area is 150 Å². The van der Waals surface area contributed by atoms with Crippen LogP contribution in [0.15, 0.2) is 28.8 Å². The van der Waals surface area contributed by atoms with Crippen LogP contribution in [0.3, 0.4) is 0 Å². The zero-order valence-corrected chi connectivity index (χ0v) is 15.6. The second kappa shape index (κ2) is 8.50. The molecule has 1 aromatic heterocycles. The molecular formula is C20H29N3O2. The highest BCUT2D eigenvalue weighted by atomic mass is 16.5. The summed E-state index contributed by atoms with van der Waals surface area (Å²) in [6.07, 6.45) is 2.33. The molecular weight excluding hydrogens is 314 g/mol. The van der Waals surface area contributed by atoms with Crippen molar-refractivity contribution in [1.29, 1.82) is 0 Å². The summed E-state index contributed by atoms with van der Waals surface area (Å²) < 4.78 is 11.0. The van der Waals surface area contributed by atoms with Gasteiger partial charge in [0.15, 0.2) is 0 Å². The third-order valence-electron chi connectivity index (χ3n) is 5.02. The molecule has 0 unspecified atom stereocenters. The number of ether oxygens (including phenoxy) is 1. The third-order valence-corrected chi connectivity index (χ3v) is 5.02. The van der Waals surface area contributed by atoms with E-state index in [1.165, 1.54) is 44.7 Å². The van der Waals surface area contributed by atoms with Gasteiger partial charge in [0.2, 0.25) is 0 Å². The molecule has 3 rings (SSSR count). The molecule has 2 heterocycles. The van der Waals surface area contributed by atoms with Gasteiger partial charge in [0.25, 0.3) is 0 Å². The smallest absolute Gasteiger partial charge is 0.140 e. The van der Waals surface area contributed by atoms with Gasteiger partial charge in [-0.3, -0.25) is 0 Å². The maximum absolute atomic E-state index is 5.86. The summed E-state index contributed by atoms with van der Waals surface area (Å²) in [6.45, 7) is 10.3. The second-order valence-corrected chi connectivity index (χ2v) is 6.98. The average molecular weight is 343 g/mol. The minimum absolute atomic E-state index is 0.504. The number of hydrogen-bond acceptors (Lipinski definition) is 5. The molecule has 0 aliphatic carbocycles. The number of likely N-dealkylation sites (N-methyl/N-ethyl adjacent to an activating group) is 1. The highest BCUT2D eigenvalue weighted by molar-refractivity contribution is 5.28. The van der Waals surface area contributed by atoms with Crippen molar-refractivity contribution in [2.75, 3.05) is 39.8 Å². The highest BCUT2D eigenvalue weighted by Crippen LogP contribution is 2.18. The number of nitrogens with zero attached hydrogens (tertiary/aromatic N) is 3. The quantitative estimate of drug-likeness (QED) is 0.773. The molecule has 5 nitrogen and oxygen atoms in total. The maximum Gasteiger partial charge on any atom is 0.140 e. The normalized spacial score (nSPS) is 16.3. The first kappa shape index (κ1) is 18.0. The standard InChI is InChI=1S/C20H29N3O2/c1-16-20(17(2)25-21-16)15-24-19-8-6-18(7-9-19)5-4-10-23-13-11-22(3)12-14-23/h6-9H,4-5,10-15H2,1-3H3. The van der Waals surface area contributed by atoms with Crippen molar-refractivity contribution in [3.8, 4) is 5.75 Å². The van der Waals surface area contributed by atoms with E-state index in [-0.39, 0.29) is 0 Å². The van der Waals surface area contributed by atoms with Gasteiger partial charge in [-0.25, -0.2) is 0 Å². The predicted molar refractivity (Wildman–Crippen MR) is 99.0 cm³/mol. The Kier molecular flexibility index (Phi) is 6.10. The lowest BCUT2D eigenvalue weighted by atomic mass is 10.1. The summed E-state index contributed by atoms with van der Waals surface area (Å²) in [4.78, 5) is 4.97. The lowest BCUT2D eigenvalue weighted by Gasteiger charge is -2.32. The Hall–Kier alpha value is -1.85. The fraction of sp³-hybridized carbons (Fsp3) is 0.550. The van der Waals surface area contributed by atoms with Gasteiger partial charge in [0, 0.05) is 26.2 Å². The fourth-order valence-electron chi connectivity index (χ4n) is 3.19. The molecule has 136 valence electrons. The molecule has 1 fully saturated rings. The molecule has 0 saturated carbocycles. The zero-order valence-electron chi connectivity index (χ0n) is 15.6. The lowest BCUT2D eigenvalue weighted by molar-refractivity contribution is 0.153. The van der Waals surface area contributed by atoms with E-state index in [1.54, 1.807) is 0 Å². The van der Waals surface area contributed by atoms with Crippen LogP contribution < -0.4 is 4.74 Å². The van der Waals surface area contributed by atoms with Crippen LogP contribution in [0.2, 0.25) is 0 Å². The van der Waals surface area contributed by atoms with Crippen LogP contribution in [0, 0.1) is 13.8 Å². The van der Waals surface area contributed by atoms with E-state index in [1.807, 2.05) is 13.8 Å². The first-order valence-corrected chi connectivity index (χ1v) is 9.16. The van der Waals surface area contributed by atoms with Crippen LogP contribution in [0.1, 0.15) is 29.0 Å². The molecule has 25 heavy (non-hydrogen) atoms. The topological polar surface area (TPSA) is 41.7 Å². The van der Waals surface area contributed by atoms with E-state index in [4.69, 9.17) is 9.26 Å². The van der Waals surface area contributed by atoms with Crippen LogP contribution in [0.5, 0.6) is 5.75 Å². The summed E-state index contributed by atoms with van der Waals surface area (Å²) in [6, 6.07) is 8.46. The van der Waals surface area contributed by atoms with Gasteiger partial charge in [-0.05, 0) is 58.0 Å². The van der Waals surface area contributed by atoms with Crippen molar-refractivity contribution in [2.45, 2.75) is 33.3 Å². The maximum atomic E-state index is 5.86. The number of benzene rings is 1. The van der Waals surface area contributed by atoms with Gasteiger partial charge in [0.1, 0.15) is 18.1 Å². The SMILES string of the molecule is Cc1noc(C)c1COc1ccc(CCCN2CCN(C)CC2)cc1. The Morgan fingerprint density at radius 1 is 1.08 bits per heavy atom. The first-order chi connectivity index (χ1) is 12.1. The number of hydrogen-bond donors (Lipinski definition) is 0. The molecule has 0 spiro atoms. The Balaban J connectivity index is 1.41. The van der Waals surface area contributed by atoms with Crippen molar-refractivity contribution in [2.24, 2.45) is 0 Å². The minimum Gasteiger partial charge on any atom is -0.489 e. The molecule has 0 amide bonds. The van der Waals surface area contributed by atoms with Crippen molar-refractivity contribution in [3.05, 3.63) is 46.8 Å². The third kappa shape index (κ3) is 5.06. The van der Waals surface area contributed by atoms with Gasteiger partial charge in [-0.2, -0.15) is 0 Å². The number of rotatable bonds is 7. The van der Waals surface area contributed by atoms with Crippen molar-refractivity contribution in [3.63, 3.8) is 0 Å².